The maximum Gasteiger partial charge on any atom is 0.271 e. The van der Waals surface area contributed by atoms with Gasteiger partial charge in [0.2, 0.25) is 0 Å². The van der Waals surface area contributed by atoms with Crippen LogP contribution < -0.4 is 5.32 Å². The molecule has 0 bridgehead atoms. The Hall–Kier alpha value is -1.47. The van der Waals surface area contributed by atoms with Crippen molar-refractivity contribution in [2.75, 3.05) is 20.1 Å². The summed E-state index contributed by atoms with van der Waals surface area (Å²) in [6.07, 6.45) is 0.901. The van der Waals surface area contributed by atoms with Crippen LogP contribution in [0.25, 0.3) is 0 Å². The second-order valence-electron chi connectivity index (χ2n) is 4.52. The van der Waals surface area contributed by atoms with Gasteiger partial charge in [-0.15, -0.1) is 0 Å². The van der Waals surface area contributed by atoms with Gasteiger partial charge in [0.05, 0.1) is 4.92 Å². The summed E-state index contributed by atoms with van der Waals surface area (Å²) in [6, 6.07) is 4.44. The zero-order valence-electron chi connectivity index (χ0n) is 10.4. The minimum Gasteiger partial charge on any atom is -0.337 e. The van der Waals surface area contributed by atoms with Crippen LogP contribution in [0.3, 0.4) is 0 Å². The van der Waals surface area contributed by atoms with E-state index in [0.717, 1.165) is 19.5 Å². The lowest BCUT2D eigenvalue weighted by molar-refractivity contribution is -0.385. The first-order valence-electron chi connectivity index (χ1n) is 5.92. The van der Waals surface area contributed by atoms with E-state index in [4.69, 9.17) is 0 Å². The summed E-state index contributed by atoms with van der Waals surface area (Å²) in [6.45, 7) is 1.65. The van der Waals surface area contributed by atoms with E-state index in [9.17, 15) is 14.9 Å². The van der Waals surface area contributed by atoms with Gasteiger partial charge in [-0.1, -0.05) is 15.9 Å². The van der Waals surface area contributed by atoms with Crippen molar-refractivity contribution in [2.24, 2.45) is 0 Å². The molecular formula is C12H14BrN3O3. The molecule has 0 radical (unpaired) electrons. The first-order valence-corrected chi connectivity index (χ1v) is 6.71. The number of nitro groups is 1. The Morgan fingerprint density at radius 1 is 1.53 bits per heavy atom. The summed E-state index contributed by atoms with van der Waals surface area (Å²) in [5.74, 6) is -0.196. The van der Waals surface area contributed by atoms with Crippen molar-refractivity contribution in [3.8, 4) is 0 Å². The van der Waals surface area contributed by atoms with Crippen molar-refractivity contribution >= 4 is 27.5 Å². The number of halogens is 1. The van der Waals surface area contributed by atoms with Crippen LogP contribution in [-0.4, -0.2) is 41.9 Å². The molecular weight excluding hydrogens is 314 g/mol. The van der Waals surface area contributed by atoms with Gasteiger partial charge >= 0.3 is 0 Å². The third-order valence-corrected chi connectivity index (χ3v) is 3.70. The second-order valence-corrected chi connectivity index (χ2v) is 5.43. The van der Waals surface area contributed by atoms with E-state index >= 15 is 0 Å². The average molecular weight is 328 g/mol. The van der Waals surface area contributed by atoms with E-state index < -0.39 is 4.92 Å². The van der Waals surface area contributed by atoms with E-state index in [2.05, 4.69) is 21.2 Å². The zero-order chi connectivity index (χ0) is 14.0. The van der Waals surface area contributed by atoms with Crippen LogP contribution >= 0.6 is 15.9 Å². The van der Waals surface area contributed by atoms with Gasteiger partial charge in [-0.2, -0.15) is 0 Å². The van der Waals surface area contributed by atoms with Gasteiger partial charge in [-0.05, 0) is 19.0 Å². The largest absolute Gasteiger partial charge is 0.337 e. The van der Waals surface area contributed by atoms with Gasteiger partial charge in [-0.25, -0.2) is 0 Å². The van der Waals surface area contributed by atoms with E-state index in [-0.39, 0.29) is 17.6 Å². The second kappa shape index (κ2) is 5.66. The fourth-order valence-electron chi connectivity index (χ4n) is 2.14. The Morgan fingerprint density at radius 3 is 2.84 bits per heavy atom. The number of hydrogen-bond acceptors (Lipinski definition) is 4. The van der Waals surface area contributed by atoms with E-state index in [1.165, 1.54) is 12.1 Å². The zero-order valence-corrected chi connectivity index (χ0v) is 12.0. The normalized spacial score (nSPS) is 18.3. The van der Waals surface area contributed by atoms with Crippen LogP contribution in [0.4, 0.5) is 5.69 Å². The topological polar surface area (TPSA) is 75.5 Å². The molecule has 1 amide bonds. The number of carbonyl (C=O) groups is 1. The number of hydrogen-bond donors (Lipinski definition) is 1. The van der Waals surface area contributed by atoms with E-state index in [0.29, 0.717) is 10.0 Å². The molecule has 2 rings (SSSR count). The molecule has 0 spiro atoms. The molecule has 1 aromatic carbocycles. The van der Waals surface area contributed by atoms with Gasteiger partial charge < -0.3 is 10.2 Å². The minimum absolute atomic E-state index is 0.0873. The van der Waals surface area contributed by atoms with Crippen molar-refractivity contribution in [3.05, 3.63) is 38.3 Å². The van der Waals surface area contributed by atoms with Crippen molar-refractivity contribution in [2.45, 2.75) is 12.5 Å². The number of benzene rings is 1. The Kier molecular flexibility index (Phi) is 4.16. The molecule has 1 heterocycles. The van der Waals surface area contributed by atoms with Crippen molar-refractivity contribution in [1.82, 2.24) is 10.2 Å². The van der Waals surface area contributed by atoms with Crippen LogP contribution in [0.1, 0.15) is 16.8 Å². The maximum absolute atomic E-state index is 12.3. The van der Waals surface area contributed by atoms with Gasteiger partial charge in [-0.3, -0.25) is 14.9 Å². The fraction of sp³-hybridized carbons (Fsp3) is 0.417. The summed E-state index contributed by atoms with van der Waals surface area (Å²) in [5.41, 5.74) is 0.242. The average Bonchev–Trinajstić information content (AvgIpc) is 2.90. The van der Waals surface area contributed by atoms with Crippen molar-refractivity contribution < 1.29 is 9.72 Å². The molecule has 102 valence electrons. The molecule has 6 nitrogen and oxygen atoms in total. The minimum atomic E-state index is -0.501. The molecule has 1 N–H and O–H groups in total. The summed E-state index contributed by atoms with van der Waals surface area (Å²) >= 11 is 3.19. The standard InChI is InChI=1S/C12H14BrN3O3/c1-15(10-2-3-14-7-10)12(17)8-4-9(13)6-11(5-8)16(18)19/h4-6,10,14H,2-3,7H2,1H3. The fourth-order valence-corrected chi connectivity index (χ4v) is 2.62. The molecule has 1 saturated heterocycles. The molecule has 7 heteroatoms. The molecule has 0 aromatic heterocycles. The van der Waals surface area contributed by atoms with E-state index in [1.54, 1.807) is 18.0 Å². The molecule has 1 atom stereocenters. The third-order valence-electron chi connectivity index (χ3n) is 3.24. The van der Waals surface area contributed by atoms with Crippen LogP contribution in [0.15, 0.2) is 22.7 Å². The molecule has 1 unspecified atom stereocenters. The number of nitrogens with one attached hydrogen (secondary N) is 1. The van der Waals surface area contributed by atoms with Gasteiger partial charge in [0.15, 0.2) is 0 Å². The molecule has 0 aliphatic carbocycles. The summed E-state index contributed by atoms with van der Waals surface area (Å²) in [7, 11) is 1.73. The Morgan fingerprint density at radius 2 is 2.26 bits per heavy atom. The number of carbonyl (C=O) groups excluding carboxylic acids is 1. The van der Waals surface area contributed by atoms with Crippen molar-refractivity contribution in [3.63, 3.8) is 0 Å². The lowest BCUT2D eigenvalue weighted by Gasteiger charge is -2.23. The number of nitro benzene ring substituents is 1. The SMILES string of the molecule is CN(C(=O)c1cc(Br)cc([N+](=O)[O-])c1)C1CCNC1. The van der Waals surface area contributed by atoms with Crippen LogP contribution in [-0.2, 0) is 0 Å². The van der Waals surface area contributed by atoms with E-state index in [1.807, 2.05) is 0 Å². The predicted molar refractivity (Wildman–Crippen MR) is 74.2 cm³/mol. The lowest BCUT2D eigenvalue weighted by Crippen LogP contribution is -2.38. The number of amides is 1. The van der Waals surface area contributed by atoms with Crippen LogP contribution in [0, 0.1) is 10.1 Å². The monoisotopic (exact) mass is 327 g/mol. The molecule has 1 aliphatic heterocycles. The molecule has 1 aromatic rings. The molecule has 1 aliphatic rings. The first kappa shape index (κ1) is 14.0. The van der Waals surface area contributed by atoms with Gasteiger partial charge in [0.1, 0.15) is 0 Å². The molecule has 19 heavy (non-hydrogen) atoms. The highest BCUT2D eigenvalue weighted by Crippen LogP contribution is 2.23. The maximum atomic E-state index is 12.3. The lowest BCUT2D eigenvalue weighted by atomic mass is 10.1. The third kappa shape index (κ3) is 3.10. The Labute approximate surface area is 119 Å². The highest BCUT2D eigenvalue weighted by atomic mass is 79.9. The summed E-state index contributed by atoms with van der Waals surface area (Å²) < 4.78 is 0.531. The van der Waals surface area contributed by atoms with Crippen molar-refractivity contribution in [1.29, 1.82) is 0 Å². The molecule has 0 saturated carbocycles. The number of nitrogens with zero attached hydrogens (tertiary/aromatic N) is 2. The predicted octanol–water partition coefficient (Wildman–Crippen LogP) is 1.79. The quantitative estimate of drug-likeness (QED) is 0.678. The smallest absolute Gasteiger partial charge is 0.271 e. The molecule has 1 fully saturated rings. The summed E-state index contributed by atoms with van der Waals surface area (Å²) in [5, 5.41) is 14.0. The Bertz CT molecular complexity index is 515. The highest BCUT2D eigenvalue weighted by Gasteiger charge is 2.25. The number of likely N-dealkylation sites (N-methyl/N-ethyl adjacent to an activating group) is 1. The van der Waals surface area contributed by atoms with Gasteiger partial charge in [0.25, 0.3) is 11.6 Å². The van der Waals surface area contributed by atoms with Crippen LogP contribution in [0.2, 0.25) is 0 Å². The van der Waals surface area contributed by atoms with Gasteiger partial charge in [0, 0.05) is 41.8 Å². The highest BCUT2D eigenvalue weighted by molar-refractivity contribution is 9.10. The Balaban J connectivity index is 2.25. The first-order chi connectivity index (χ1) is 8.99. The number of non-ortho nitro benzene ring substituents is 1. The summed E-state index contributed by atoms with van der Waals surface area (Å²) in [4.78, 5) is 24.3. The van der Waals surface area contributed by atoms with Crippen LogP contribution in [0.5, 0.6) is 0 Å². The number of rotatable bonds is 3.